The van der Waals surface area contributed by atoms with Crippen LogP contribution in [0, 0.1) is 0 Å². The summed E-state index contributed by atoms with van der Waals surface area (Å²) >= 11 is 1.28. The molecule has 8 heteroatoms. The number of hydrogen-bond acceptors (Lipinski definition) is 4. The van der Waals surface area contributed by atoms with Crippen LogP contribution >= 0.6 is 11.8 Å². The fourth-order valence-corrected chi connectivity index (χ4v) is 2.13. The summed E-state index contributed by atoms with van der Waals surface area (Å²) in [6, 6.07) is 4.91. The van der Waals surface area contributed by atoms with Crippen molar-refractivity contribution in [1.29, 1.82) is 0 Å². The lowest BCUT2D eigenvalue weighted by atomic mass is 10.2. The highest BCUT2D eigenvalue weighted by Crippen LogP contribution is 2.27. The number of halogens is 3. The second-order valence-corrected chi connectivity index (χ2v) is 4.63. The van der Waals surface area contributed by atoms with Crippen LogP contribution in [0.15, 0.2) is 23.1 Å². The number of nitrogens with one attached hydrogen (secondary N) is 1. The molecule has 0 spiro atoms. The van der Waals surface area contributed by atoms with E-state index in [1.165, 1.54) is 11.8 Å². The molecule has 0 radical (unpaired) electrons. The standard InChI is InChI=1S/C12H14F3NO3S/c1-20-9-4-2-3-8(10(9)11(17)18)16-5-6-19-7-12(13,14)15/h2-4,16H,5-7H2,1H3,(H,17,18). The van der Waals surface area contributed by atoms with Gasteiger partial charge in [-0.3, -0.25) is 0 Å². The molecule has 0 aromatic heterocycles. The molecule has 0 amide bonds. The number of carboxylic acid groups (broad SMARTS) is 1. The molecule has 0 saturated carbocycles. The van der Waals surface area contributed by atoms with Crippen LogP contribution in [-0.4, -0.2) is 43.3 Å². The van der Waals surface area contributed by atoms with Crippen molar-refractivity contribution in [3.05, 3.63) is 23.8 Å². The van der Waals surface area contributed by atoms with Crippen molar-refractivity contribution in [3.63, 3.8) is 0 Å². The Morgan fingerprint density at radius 3 is 2.70 bits per heavy atom. The lowest BCUT2D eigenvalue weighted by Crippen LogP contribution is -2.20. The Morgan fingerprint density at radius 2 is 2.15 bits per heavy atom. The number of benzene rings is 1. The van der Waals surface area contributed by atoms with Gasteiger partial charge >= 0.3 is 12.1 Å². The summed E-state index contributed by atoms with van der Waals surface area (Å²) < 4.78 is 40.0. The quantitative estimate of drug-likeness (QED) is 0.599. The van der Waals surface area contributed by atoms with Crippen molar-refractivity contribution >= 4 is 23.4 Å². The van der Waals surface area contributed by atoms with Crippen molar-refractivity contribution in [2.24, 2.45) is 0 Å². The van der Waals surface area contributed by atoms with Gasteiger partial charge in [0, 0.05) is 17.1 Å². The first kappa shape index (κ1) is 16.6. The van der Waals surface area contributed by atoms with Crippen molar-refractivity contribution in [2.75, 3.05) is 31.3 Å². The molecule has 2 N–H and O–H groups in total. The molecule has 0 aliphatic rings. The Kier molecular flexibility index (Phi) is 6.15. The predicted molar refractivity (Wildman–Crippen MR) is 70.5 cm³/mol. The minimum atomic E-state index is -4.36. The SMILES string of the molecule is CSc1cccc(NCCOCC(F)(F)F)c1C(=O)O. The molecule has 0 unspecified atom stereocenters. The summed E-state index contributed by atoms with van der Waals surface area (Å²) in [4.78, 5) is 11.8. The van der Waals surface area contributed by atoms with Gasteiger partial charge in [-0.15, -0.1) is 11.8 Å². The van der Waals surface area contributed by atoms with Gasteiger partial charge in [0.05, 0.1) is 12.2 Å². The average molecular weight is 309 g/mol. The van der Waals surface area contributed by atoms with Gasteiger partial charge in [-0.2, -0.15) is 13.2 Å². The molecule has 0 atom stereocenters. The molecule has 1 rings (SSSR count). The third kappa shape index (κ3) is 5.30. The highest BCUT2D eigenvalue weighted by atomic mass is 32.2. The van der Waals surface area contributed by atoms with Crippen molar-refractivity contribution in [3.8, 4) is 0 Å². The Morgan fingerprint density at radius 1 is 1.45 bits per heavy atom. The van der Waals surface area contributed by atoms with Gasteiger partial charge < -0.3 is 15.2 Å². The summed E-state index contributed by atoms with van der Waals surface area (Å²) in [5.41, 5.74) is 0.468. The highest BCUT2D eigenvalue weighted by Gasteiger charge is 2.27. The van der Waals surface area contributed by atoms with Gasteiger partial charge in [0.2, 0.25) is 0 Å². The van der Waals surface area contributed by atoms with Crippen LogP contribution in [-0.2, 0) is 4.74 Å². The fourth-order valence-electron chi connectivity index (χ4n) is 1.51. The molecule has 0 heterocycles. The summed E-state index contributed by atoms with van der Waals surface area (Å²) in [6.45, 7) is -1.39. The highest BCUT2D eigenvalue weighted by molar-refractivity contribution is 7.98. The van der Waals surface area contributed by atoms with Gasteiger partial charge in [0.25, 0.3) is 0 Å². The Labute approximate surface area is 118 Å². The maximum Gasteiger partial charge on any atom is 0.411 e. The van der Waals surface area contributed by atoms with Crippen LogP contribution in [0.3, 0.4) is 0 Å². The largest absolute Gasteiger partial charge is 0.478 e. The molecule has 0 aliphatic carbocycles. The summed E-state index contributed by atoms with van der Waals surface area (Å²) in [5, 5.41) is 11.9. The summed E-state index contributed by atoms with van der Waals surface area (Å²) in [6.07, 6.45) is -2.61. The number of carboxylic acids is 1. The Hall–Kier alpha value is -1.41. The van der Waals surface area contributed by atoms with Crippen LogP contribution in [0.25, 0.3) is 0 Å². The zero-order valence-corrected chi connectivity index (χ0v) is 11.5. The van der Waals surface area contributed by atoms with E-state index in [9.17, 15) is 18.0 Å². The predicted octanol–water partition coefficient (Wildman–Crippen LogP) is 3.10. The molecule has 0 saturated heterocycles. The summed E-state index contributed by atoms with van der Waals surface area (Å²) in [7, 11) is 0. The molecule has 0 bridgehead atoms. The van der Waals surface area contributed by atoms with E-state index in [-0.39, 0.29) is 18.7 Å². The van der Waals surface area contributed by atoms with Crippen LogP contribution in [0.1, 0.15) is 10.4 Å². The molecular formula is C12H14F3NO3S. The third-order valence-corrected chi connectivity index (χ3v) is 3.07. The van der Waals surface area contributed by atoms with E-state index in [2.05, 4.69) is 10.1 Å². The van der Waals surface area contributed by atoms with Crippen LogP contribution < -0.4 is 5.32 Å². The minimum Gasteiger partial charge on any atom is -0.478 e. The first-order chi connectivity index (χ1) is 9.35. The lowest BCUT2D eigenvalue weighted by Gasteiger charge is -2.13. The molecule has 1 aromatic carbocycles. The Balaban J connectivity index is 2.58. The molecule has 4 nitrogen and oxygen atoms in total. The zero-order chi connectivity index (χ0) is 15.2. The smallest absolute Gasteiger partial charge is 0.411 e. The lowest BCUT2D eigenvalue weighted by molar-refractivity contribution is -0.172. The molecule has 20 heavy (non-hydrogen) atoms. The first-order valence-corrected chi connectivity index (χ1v) is 6.86. The van der Waals surface area contributed by atoms with E-state index in [4.69, 9.17) is 5.11 Å². The first-order valence-electron chi connectivity index (χ1n) is 5.64. The maximum absolute atomic E-state index is 11.8. The topological polar surface area (TPSA) is 58.6 Å². The van der Waals surface area contributed by atoms with E-state index >= 15 is 0 Å². The molecule has 112 valence electrons. The van der Waals surface area contributed by atoms with Crippen LogP contribution in [0.4, 0.5) is 18.9 Å². The van der Waals surface area contributed by atoms with Crippen molar-refractivity contribution in [2.45, 2.75) is 11.1 Å². The van der Waals surface area contributed by atoms with Gasteiger partial charge in [0.15, 0.2) is 0 Å². The third-order valence-electron chi connectivity index (χ3n) is 2.29. The molecule has 0 fully saturated rings. The van der Waals surface area contributed by atoms with E-state index in [1.807, 2.05) is 0 Å². The number of rotatable bonds is 7. The molecular weight excluding hydrogens is 295 g/mol. The molecule has 1 aromatic rings. The number of carbonyl (C=O) groups is 1. The number of ether oxygens (including phenoxy) is 1. The zero-order valence-electron chi connectivity index (χ0n) is 10.7. The van der Waals surface area contributed by atoms with Gasteiger partial charge in [0.1, 0.15) is 6.61 Å². The Bertz CT molecular complexity index is 466. The monoisotopic (exact) mass is 309 g/mol. The normalized spacial score (nSPS) is 11.4. The molecule has 0 aliphatic heterocycles. The number of hydrogen-bond donors (Lipinski definition) is 2. The number of anilines is 1. The summed E-state index contributed by atoms with van der Waals surface area (Å²) in [5.74, 6) is -1.09. The fraction of sp³-hybridized carbons (Fsp3) is 0.417. The second-order valence-electron chi connectivity index (χ2n) is 3.78. The van der Waals surface area contributed by atoms with E-state index in [1.54, 1.807) is 24.5 Å². The minimum absolute atomic E-state index is 0.0915. The number of alkyl halides is 3. The van der Waals surface area contributed by atoms with Crippen LogP contribution in [0.5, 0.6) is 0 Å². The van der Waals surface area contributed by atoms with Gasteiger partial charge in [-0.05, 0) is 18.4 Å². The maximum atomic E-state index is 11.8. The van der Waals surface area contributed by atoms with E-state index < -0.39 is 18.8 Å². The van der Waals surface area contributed by atoms with Gasteiger partial charge in [-0.25, -0.2) is 4.79 Å². The van der Waals surface area contributed by atoms with E-state index in [0.717, 1.165) is 0 Å². The average Bonchev–Trinajstić information content (AvgIpc) is 2.36. The van der Waals surface area contributed by atoms with Crippen LogP contribution in [0.2, 0.25) is 0 Å². The van der Waals surface area contributed by atoms with Crippen molar-refractivity contribution < 1.29 is 27.8 Å². The number of thioether (sulfide) groups is 1. The number of aromatic carboxylic acids is 1. The van der Waals surface area contributed by atoms with E-state index in [0.29, 0.717) is 10.6 Å². The van der Waals surface area contributed by atoms with Crippen molar-refractivity contribution in [1.82, 2.24) is 0 Å². The second kappa shape index (κ2) is 7.39. The van der Waals surface area contributed by atoms with Gasteiger partial charge in [-0.1, -0.05) is 6.07 Å².